The van der Waals surface area contributed by atoms with Crippen molar-refractivity contribution in [2.75, 3.05) is 19.6 Å². The highest BCUT2D eigenvalue weighted by Gasteiger charge is 2.21. The average Bonchev–Trinajstić information content (AvgIpc) is 2.24. The molecule has 1 unspecified atom stereocenters. The molecule has 0 aliphatic carbocycles. The van der Waals surface area contributed by atoms with E-state index in [1.165, 1.54) is 0 Å². The summed E-state index contributed by atoms with van der Waals surface area (Å²) in [6, 6.07) is 0.479. The summed E-state index contributed by atoms with van der Waals surface area (Å²) >= 11 is 0. The Kier molecular flexibility index (Phi) is 5.77. The molecule has 2 N–H and O–H groups in total. The van der Waals surface area contributed by atoms with Gasteiger partial charge in [0.25, 0.3) is 0 Å². The van der Waals surface area contributed by atoms with Gasteiger partial charge in [-0.05, 0) is 25.8 Å². The van der Waals surface area contributed by atoms with Crippen molar-refractivity contribution in [3.8, 4) is 0 Å². The van der Waals surface area contributed by atoms with Crippen LogP contribution in [-0.2, 0) is 4.79 Å². The molecular formula is C12H24N2O2. The van der Waals surface area contributed by atoms with Gasteiger partial charge < -0.3 is 15.3 Å². The molecule has 0 saturated carbocycles. The maximum atomic E-state index is 11.8. The van der Waals surface area contributed by atoms with Gasteiger partial charge in [-0.2, -0.15) is 0 Å². The smallest absolute Gasteiger partial charge is 0.222 e. The molecule has 16 heavy (non-hydrogen) atoms. The second-order valence-corrected chi connectivity index (χ2v) is 4.85. The molecule has 1 aliphatic heterocycles. The van der Waals surface area contributed by atoms with E-state index < -0.39 is 0 Å². The van der Waals surface area contributed by atoms with E-state index in [-0.39, 0.29) is 12.0 Å². The Bertz CT molecular complexity index is 219. The maximum absolute atomic E-state index is 11.8. The molecule has 1 aliphatic rings. The third-order valence-corrected chi connectivity index (χ3v) is 2.87. The van der Waals surface area contributed by atoms with Crippen molar-refractivity contribution in [2.45, 2.75) is 51.7 Å². The minimum Gasteiger partial charge on any atom is -0.391 e. The first-order valence-electron chi connectivity index (χ1n) is 6.29. The lowest BCUT2D eigenvalue weighted by atomic mass is 10.1. The molecule has 94 valence electrons. The van der Waals surface area contributed by atoms with E-state index in [1.54, 1.807) is 4.90 Å². The molecule has 1 amide bonds. The summed E-state index contributed by atoms with van der Waals surface area (Å²) in [4.78, 5) is 13.6. The molecular weight excluding hydrogens is 204 g/mol. The van der Waals surface area contributed by atoms with Crippen LogP contribution in [0.3, 0.4) is 0 Å². The topological polar surface area (TPSA) is 52.6 Å². The number of amides is 1. The molecule has 1 saturated heterocycles. The zero-order chi connectivity index (χ0) is 12.0. The fraction of sp³-hybridized carbons (Fsp3) is 0.917. The van der Waals surface area contributed by atoms with Crippen LogP contribution in [0.15, 0.2) is 0 Å². The van der Waals surface area contributed by atoms with Crippen LogP contribution in [0, 0.1) is 0 Å². The van der Waals surface area contributed by atoms with E-state index in [0.29, 0.717) is 19.0 Å². The molecule has 4 nitrogen and oxygen atoms in total. The fourth-order valence-electron chi connectivity index (χ4n) is 1.97. The number of hydrogen-bond acceptors (Lipinski definition) is 3. The normalized spacial score (nSPS) is 21.5. The molecule has 0 bridgehead atoms. The number of likely N-dealkylation sites (tertiary alicyclic amines) is 1. The number of nitrogens with one attached hydrogen (secondary N) is 1. The van der Waals surface area contributed by atoms with Crippen LogP contribution >= 0.6 is 0 Å². The maximum Gasteiger partial charge on any atom is 0.222 e. The zero-order valence-electron chi connectivity index (χ0n) is 10.4. The van der Waals surface area contributed by atoms with Gasteiger partial charge in [0.1, 0.15) is 0 Å². The monoisotopic (exact) mass is 228 g/mol. The van der Waals surface area contributed by atoms with Crippen LogP contribution in [0.5, 0.6) is 0 Å². The van der Waals surface area contributed by atoms with E-state index >= 15 is 0 Å². The number of carbonyl (C=O) groups is 1. The van der Waals surface area contributed by atoms with E-state index in [1.807, 2.05) is 0 Å². The van der Waals surface area contributed by atoms with Crippen molar-refractivity contribution in [3.05, 3.63) is 0 Å². The van der Waals surface area contributed by atoms with Crippen LogP contribution in [0.4, 0.5) is 0 Å². The molecule has 0 radical (unpaired) electrons. The molecule has 0 aromatic rings. The molecule has 1 fully saturated rings. The SMILES string of the molecule is CC(C)NCCCC(=O)N1CCCC(O)C1. The Hall–Kier alpha value is -0.610. The first-order chi connectivity index (χ1) is 7.59. The Balaban J connectivity index is 2.14. The molecule has 0 spiro atoms. The lowest BCUT2D eigenvalue weighted by Gasteiger charge is -2.30. The second kappa shape index (κ2) is 6.86. The molecule has 1 rings (SSSR count). The number of nitrogens with zero attached hydrogens (tertiary/aromatic N) is 1. The summed E-state index contributed by atoms with van der Waals surface area (Å²) in [5.41, 5.74) is 0. The van der Waals surface area contributed by atoms with Crippen molar-refractivity contribution >= 4 is 5.91 Å². The second-order valence-electron chi connectivity index (χ2n) is 4.85. The first-order valence-corrected chi connectivity index (χ1v) is 6.29. The van der Waals surface area contributed by atoms with Crippen LogP contribution < -0.4 is 5.32 Å². The standard InChI is InChI=1S/C12H24N2O2/c1-10(2)13-7-3-6-12(16)14-8-4-5-11(15)9-14/h10-11,13,15H,3-9H2,1-2H3. The summed E-state index contributed by atoms with van der Waals surface area (Å²) in [5, 5.41) is 12.8. The third kappa shape index (κ3) is 4.94. The van der Waals surface area contributed by atoms with Gasteiger partial charge in [-0.25, -0.2) is 0 Å². The Morgan fingerprint density at radius 2 is 2.31 bits per heavy atom. The summed E-state index contributed by atoms with van der Waals surface area (Å²) in [6.07, 6.45) is 2.91. The summed E-state index contributed by atoms with van der Waals surface area (Å²) < 4.78 is 0. The van der Waals surface area contributed by atoms with E-state index in [0.717, 1.165) is 32.4 Å². The average molecular weight is 228 g/mol. The lowest BCUT2D eigenvalue weighted by Crippen LogP contribution is -2.42. The van der Waals surface area contributed by atoms with Crippen LogP contribution in [0.2, 0.25) is 0 Å². The third-order valence-electron chi connectivity index (χ3n) is 2.87. The summed E-state index contributed by atoms with van der Waals surface area (Å²) in [7, 11) is 0. The Morgan fingerprint density at radius 1 is 1.56 bits per heavy atom. The highest BCUT2D eigenvalue weighted by Crippen LogP contribution is 2.11. The Morgan fingerprint density at radius 3 is 2.94 bits per heavy atom. The quantitative estimate of drug-likeness (QED) is 0.683. The van der Waals surface area contributed by atoms with Gasteiger partial charge in [-0.15, -0.1) is 0 Å². The zero-order valence-corrected chi connectivity index (χ0v) is 10.4. The van der Waals surface area contributed by atoms with Gasteiger partial charge in [0.05, 0.1) is 6.10 Å². The van der Waals surface area contributed by atoms with Gasteiger partial charge in [-0.1, -0.05) is 13.8 Å². The number of aliphatic hydroxyl groups is 1. The molecule has 1 atom stereocenters. The van der Waals surface area contributed by atoms with Gasteiger partial charge in [0.2, 0.25) is 5.91 Å². The number of aliphatic hydroxyl groups excluding tert-OH is 1. The van der Waals surface area contributed by atoms with E-state index in [9.17, 15) is 9.90 Å². The largest absolute Gasteiger partial charge is 0.391 e. The number of hydrogen-bond donors (Lipinski definition) is 2. The van der Waals surface area contributed by atoms with Crippen molar-refractivity contribution in [1.82, 2.24) is 10.2 Å². The van der Waals surface area contributed by atoms with Crippen molar-refractivity contribution in [1.29, 1.82) is 0 Å². The number of piperidine rings is 1. The van der Waals surface area contributed by atoms with Gasteiger partial charge in [0, 0.05) is 25.6 Å². The minimum atomic E-state index is -0.313. The van der Waals surface area contributed by atoms with Gasteiger partial charge in [-0.3, -0.25) is 4.79 Å². The van der Waals surface area contributed by atoms with Crippen molar-refractivity contribution in [3.63, 3.8) is 0 Å². The molecule has 0 aromatic heterocycles. The first kappa shape index (κ1) is 13.5. The van der Waals surface area contributed by atoms with E-state index in [4.69, 9.17) is 0 Å². The highest BCUT2D eigenvalue weighted by molar-refractivity contribution is 5.76. The van der Waals surface area contributed by atoms with Gasteiger partial charge in [0.15, 0.2) is 0 Å². The fourth-order valence-corrected chi connectivity index (χ4v) is 1.97. The van der Waals surface area contributed by atoms with Crippen molar-refractivity contribution in [2.24, 2.45) is 0 Å². The van der Waals surface area contributed by atoms with Crippen molar-refractivity contribution < 1.29 is 9.90 Å². The predicted octanol–water partition coefficient (Wildman–Crippen LogP) is 0.748. The molecule has 4 heteroatoms. The summed E-state index contributed by atoms with van der Waals surface area (Å²) in [5.74, 6) is 0.185. The van der Waals surface area contributed by atoms with E-state index in [2.05, 4.69) is 19.2 Å². The predicted molar refractivity (Wildman–Crippen MR) is 64.2 cm³/mol. The lowest BCUT2D eigenvalue weighted by molar-refractivity contribution is -0.134. The highest BCUT2D eigenvalue weighted by atomic mass is 16.3. The van der Waals surface area contributed by atoms with Gasteiger partial charge >= 0.3 is 0 Å². The summed E-state index contributed by atoms with van der Waals surface area (Å²) in [6.45, 7) is 6.43. The molecule has 1 heterocycles. The molecule has 0 aromatic carbocycles. The number of rotatable bonds is 5. The van der Waals surface area contributed by atoms with Crippen LogP contribution in [0.1, 0.15) is 39.5 Å². The Labute approximate surface area is 98.0 Å². The number of carbonyl (C=O) groups excluding carboxylic acids is 1. The number of β-amino-alcohol motifs (C(OH)–C–C–N with tert-alkyl or cyclic N) is 1. The van der Waals surface area contributed by atoms with Crippen LogP contribution in [0.25, 0.3) is 0 Å². The minimum absolute atomic E-state index is 0.185. The van der Waals surface area contributed by atoms with Crippen LogP contribution in [-0.4, -0.2) is 47.7 Å².